The molecule has 264 valence electrons. The number of hydrogen-bond acceptors (Lipinski definition) is 4. The van der Waals surface area contributed by atoms with Crippen molar-refractivity contribution in [3.8, 4) is 11.1 Å². The third-order valence-electron chi connectivity index (χ3n) is 10.8. The molecule has 56 heavy (non-hydrogen) atoms. The standard InChI is InChI=1S/C52H34N2OS/c1-3-13-39(14-4-1)53(40-15-5-2-6-16-40)42-26-29-49-47(32-42)48-33-43(27-30-50(48)55-49)54(44-25-28-46-45-17-9-10-18-51(45)56-52(46)34-44)41-23-21-36(22-24-41)38-20-19-35-11-7-8-12-37(35)31-38/h1-34H. The summed E-state index contributed by atoms with van der Waals surface area (Å²) >= 11 is 1.84. The van der Waals surface area contributed by atoms with Gasteiger partial charge in [-0.15, -0.1) is 11.3 Å². The van der Waals surface area contributed by atoms with Crippen molar-refractivity contribution >= 4 is 98.3 Å². The van der Waals surface area contributed by atoms with Gasteiger partial charge in [-0.1, -0.05) is 109 Å². The highest BCUT2D eigenvalue weighted by atomic mass is 32.1. The van der Waals surface area contributed by atoms with E-state index in [1.54, 1.807) is 0 Å². The van der Waals surface area contributed by atoms with E-state index in [2.05, 4.69) is 216 Å². The van der Waals surface area contributed by atoms with Gasteiger partial charge >= 0.3 is 0 Å². The van der Waals surface area contributed by atoms with E-state index in [0.717, 1.165) is 56.1 Å². The number of benzene rings is 9. The molecule has 0 N–H and O–H groups in total. The molecule has 4 heteroatoms. The fourth-order valence-electron chi connectivity index (χ4n) is 8.11. The summed E-state index contributed by atoms with van der Waals surface area (Å²) in [5, 5.41) is 7.21. The molecule has 0 fully saturated rings. The number of hydrogen-bond donors (Lipinski definition) is 0. The van der Waals surface area contributed by atoms with Gasteiger partial charge in [0.2, 0.25) is 0 Å². The van der Waals surface area contributed by atoms with Gasteiger partial charge in [-0.25, -0.2) is 0 Å². The van der Waals surface area contributed by atoms with E-state index >= 15 is 0 Å². The van der Waals surface area contributed by atoms with Crippen molar-refractivity contribution in [1.82, 2.24) is 0 Å². The van der Waals surface area contributed by atoms with Crippen molar-refractivity contribution in [2.45, 2.75) is 0 Å². The molecule has 9 aromatic carbocycles. The Balaban J connectivity index is 1.06. The van der Waals surface area contributed by atoms with Crippen LogP contribution in [-0.4, -0.2) is 0 Å². The number of fused-ring (bicyclic) bond motifs is 7. The summed E-state index contributed by atoms with van der Waals surface area (Å²) < 4.78 is 9.06. The van der Waals surface area contributed by atoms with E-state index < -0.39 is 0 Å². The Kier molecular flexibility index (Phi) is 7.68. The smallest absolute Gasteiger partial charge is 0.135 e. The topological polar surface area (TPSA) is 19.6 Å². The summed E-state index contributed by atoms with van der Waals surface area (Å²) in [6.45, 7) is 0. The molecular formula is C52H34N2OS. The molecule has 0 amide bonds. The fraction of sp³-hybridized carbons (Fsp3) is 0. The third-order valence-corrected chi connectivity index (χ3v) is 11.9. The molecule has 0 aliphatic rings. The molecule has 11 aromatic rings. The number of thiophene rings is 1. The molecular weight excluding hydrogens is 701 g/mol. The lowest BCUT2D eigenvalue weighted by molar-refractivity contribution is 0.669. The maximum absolute atomic E-state index is 6.50. The van der Waals surface area contributed by atoms with Crippen molar-refractivity contribution < 1.29 is 4.42 Å². The summed E-state index contributed by atoms with van der Waals surface area (Å²) in [6, 6.07) is 73.9. The van der Waals surface area contributed by atoms with Gasteiger partial charge in [-0.3, -0.25) is 0 Å². The summed E-state index contributed by atoms with van der Waals surface area (Å²) in [4.78, 5) is 4.67. The van der Waals surface area contributed by atoms with Crippen LogP contribution in [0.25, 0.3) is 64.0 Å². The maximum atomic E-state index is 6.50. The molecule has 0 atom stereocenters. The predicted octanol–water partition coefficient (Wildman–Crippen LogP) is 15.7. The third kappa shape index (κ3) is 5.58. The first-order valence-electron chi connectivity index (χ1n) is 18.9. The van der Waals surface area contributed by atoms with E-state index in [0.29, 0.717) is 0 Å². The quantitative estimate of drug-likeness (QED) is 0.163. The Labute approximate surface area is 328 Å². The van der Waals surface area contributed by atoms with Crippen LogP contribution in [0, 0.1) is 0 Å². The fourth-order valence-corrected chi connectivity index (χ4v) is 9.24. The number of anilines is 6. The van der Waals surface area contributed by atoms with Crippen LogP contribution in [0.5, 0.6) is 0 Å². The van der Waals surface area contributed by atoms with Crippen LogP contribution in [0.15, 0.2) is 211 Å². The first-order chi connectivity index (χ1) is 27.7. The molecule has 2 heterocycles. The normalized spacial score (nSPS) is 11.6. The zero-order valence-electron chi connectivity index (χ0n) is 30.3. The van der Waals surface area contributed by atoms with Crippen LogP contribution >= 0.6 is 11.3 Å². The van der Waals surface area contributed by atoms with E-state index in [4.69, 9.17) is 4.42 Å². The second kappa shape index (κ2) is 13.3. The monoisotopic (exact) mass is 734 g/mol. The lowest BCUT2D eigenvalue weighted by atomic mass is 10.0. The van der Waals surface area contributed by atoms with Gasteiger partial charge in [0.25, 0.3) is 0 Å². The summed E-state index contributed by atoms with van der Waals surface area (Å²) in [7, 11) is 0. The van der Waals surface area contributed by atoms with Crippen LogP contribution in [0.1, 0.15) is 0 Å². The van der Waals surface area contributed by atoms with Gasteiger partial charge in [0.15, 0.2) is 0 Å². The molecule has 0 saturated heterocycles. The molecule has 2 aromatic heterocycles. The zero-order valence-corrected chi connectivity index (χ0v) is 31.2. The summed E-state index contributed by atoms with van der Waals surface area (Å²) in [5.74, 6) is 0. The summed E-state index contributed by atoms with van der Waals surface area (Å²) in [5.41, 5.74) is 10.6. The van der Waals surface area contributed by atoms with Crippen LogP contribution in [0.4, 0.5) is 34.1 Å². The first kappa shape index (κ1) is 32.3. The van der Waals surface area contributed by atoms with Crippen LogP contribution < -0.4 is 9.80 Å². The van der Waals surface area contributed by atoms with Crippen molar-refractivity contribution in [2.24, 2.45) is 0 Å². The average molecular weight is 735 g/mol. The summed E-state index contributed by atoms with van der Waals surface area (Å²) in [6.07, 6.45) is 0. The van der Waals surface area contributed by atoms with E-state index in [1.165, 1.54) is 42.1 Å². The Hall–Kier alpha value is -7.14. The Bertz CT molecular complexity index is 3160. The molecule has 0 spiro atoms. The second-order valence-corrected chi connectivity index (χ2v) is 15.3. The van der Waals surface area contributed by atoms with Gasteiger partial charge in [-0.2, -0.15) is 0 Å². The van der Waals surface area contributed by atoms with Gasteiger partial charge in [0.1, 0.15) is 11.2 Å². The highest BCUT2D eigenvalue weighted by Crippen LogP contribution is 2.44. The molecule has 0 bridgehead atoms. The highest BCUT2D eigenvalue weighted by Gasteiger charge is 2.19. The van der Waals surface area contributed by atoms with Crippen molar-refractivity contribution in [3.05, 3.63) is 206 Å². The van der Waals surface area contributed by atoms with Crippen LogP contribution in [-0.2, 0) is 0 Å². The number of para-hydroxylation sites is 2. The minimum Gasteiger partial charge on any atom is -0.456 e. The number of furan rings is 1. The minimum atomic E-state index is 0.860. The second-order valence-electron chi connectivity index (χ2n) is 14.2. The molecule has 0 aliphatic carbocycles. The first-order valence-corrected chi connectivity index (χ1v) is 19.7. The maximum Gasteiger partial charge on any atom is 0.135 e. The Morgan fingerprint density at radius 3 is 1.50 bits per heavy atom. The zero-order chi connectivity index (χ0) is 37.0. The number of nitrogens with zero attached hydrogens (tertiary/aromatic N) is 2. The molecule has 0 unspecified atom stereocenters. The molecule has 11 rings (SSSR count). The molecule has 3 nitrogen and oxygen atoms in total. The lowest BCUT2D eigenvalue weighted by Gasteiger charge is -2.26. The van der Waals surface area contributed by atoms with Crippen molar-refractivity contribution in [1.29, 1.82) is 0 Å². The van der Waals surface area contributed by atoms with Crippen LogP contribution in [0.3, 0.4) is 0 Å². The van der Waals surface area contributed by atoms with Gasteiger partial charge in [-0.05, 0) is 119 Å². The highest BCUT2D eigenvalue weighted by molar-refractivity contribution is 7.25. The van der Waals surface area contributed by atoms with Gasteiger partial charge < -0.3 is 14.2 Å². The van der Waals surface area contributed by atoms with Crippen molar-refractivity contribution in [3.63, 3.8) is 0 Å². The number of rotatable bonds is 7. The average Bonchev–Trinajstić information content (AvgIpc) is 3.82. The van der Waals surface area contributed by atoms with E-state index in [9.17, 15) is 0 Å². The Morgan fingerprint density at radius 1 is 0.304 bits per heavy atom. The lowest BCUT2D eigenvalue weighted by Crippen LogP contribution is -2.10. The van der Waals surface area contributed by atoms with Crippen LogP contribution in [0.2, 0.25) is 0 Å². The SMILES string of the molecule is c1ccc(N(c2ccccc2)c2ccc3oc4ccc(N(c5ccc(-c6ccc7ccccc7c6)cc5)c5ccc6c(c5)sc5ccccc56)cc4c3c2)cc1. The largest absolute Gasteiger partial charge is 0.456 e. The minimum absolute atomic E-state index is 0.860. The molecule has 0 saturated carbocycles. The Morgan fingerprint density at radius 2 is 0.804 bits per heavy atom. The van der Waals surface area contributed by atoms with Gasteiger partial charge in [0.05, 0.1) is 0 Å². The van der Waals surface area contributed by atoms with Gasteiger partial charge in [0, 0.05) is 65.1 Å². The molecule has 0 radical (unpaired) electrons. The van der Waals surface area contributed by atoms with Crippen molar-refractivity contribution in [2.75, 3.05) is 9.80 Å². The predicted molar refractivity (Wildman–Crippen MR) is 239 cm³/mol. The van der Waals surface area contributed by atoms with E-state index in [-0.39, 0.29) is 0 Å². The molecule has 0 aliphatic heterocycles. The van der Waals surface area contributed by atoms with E-state index in [1.807, 2.05) is 11.3 Å².